The molecule has 1 heterocycles. The van der Waals surface area contributed by atoms with Gasteiger partial charge in [-0.1, -0.05) is 52.0 Å². The van der Waals surface area contributed by atoms with E-state index in [9.17, 15) is 0 Å². The molecule has 2 aromatic rings. The van der Waals surface area contributed by atoms with E-state index in [0.29, 0.717) is 0 Å². The molecule has 0 fully saturated rings. The van der Waals surface area contributed by atoms with E-state index in [-0.39, 0.29) is 5.41 Å². The van der Waals surface area contributed by atoms with Gasteiger partial charge in [0, 0.05) is 30.8 Å². The summed E-state index contributed by atoms with van der Waals surface area (Å²) in [5.74, 6) is 0. The van der Waals surface area contributed by atoms with Crippen molar-refractivity contribution in [3.8, 4) is 11.1 Å². The summed E-state index contributed by atoms with van der Waals surface area (Å²) in [6.45, 7) is 10.7. The standard InChI is InChI=1S/C17H25N3/c1-6-18-11-13-7-9-14(10-8-13)15-12-20(5)19-16(15)17(2,3)4/h7-10,12,18H,6,11H2,1-5H3. The van der Waals surface area contributed by atoms with Crippen molar-refractivity contribution in [2.75, 3.05) is 6.54 Å². The first-order valence-electron chi connectivity index (χ1n) is 7.26. The van der Waals surface area contributed by atoms with Gasteiger partial charge in [0.2, 0.25) is 0 Å². The third-order valence-corrected chi connectivity index (χ3v) is 3.38. The summed E-state index contributed by atoms with van der Waals surface area (Å²) < 4.78 is 1.91. The Kier molecular flexibility index (Phi) is 4.29. The van der Waals surface area contributed by atoms with Crippen LogP contribution < -0.4 is 5.32 Å². The van der Waals surface area contributed by atoms with Crippen molar-refractivity contribution < 1.29 is 0 Å². The van der Waals surface area contributed by atoms with Crippen molar-refractivity contribution >= 4 is 0 Å². The lowest BCUT2D eigenvalue weighted by atomic mass is 9.87. The molecule has 0 aliphatic carbocycles. The van der Waals surface area contributed by atoms with Crippen LogP contribution in [0.15, 0.2) is 30.5 Å². The lowest BCUT2D eigenvalue weighted by molar-refractivity contribution is 0.554. The molecule has 0 bridgehead atoms. The molecule has 0 spiro atoms. The maximum Gasteiger partial charge on any atom is 0.0756 e. The van der Waals surface area contributed by atoms with Gasteiger partial charge in [-0.2, -0.15) is 5.10 Å². The Morgan fingerprint density at radius 1 is 1.15 bits per heavy atom. The number of aryl methyl sites for hydroxylation is 1. The van der Waals surface area contributed by atoms with Gasteiger partial charge in [0.15, 0.2) is 0 Å². The molecule has 1 aromatic heterocycles. The largest absolute Gasteiger partial charge is 0.313 e. The maximum absolute atomic E-state index is 4.63. The van der Waals surface area contributed by atoms with Crippen LogP contribution in [0.25, 0.3) is 11.1 Å². The van der Waals surface area contributed by atoms with Gasteiger partial charge in [0.25, 0.3) is 0 Å². The normalized spacial score (nSPS) is 11.8. The third kappa shape index (κ3) is 3.28. The van der Waals surface area contributed by atoms with Gasteiger partial charge in [0.05, 0.1) is 5.69 Å². The van der Waals surface area contributed by atoms with Crippen molar-refractivity contribution in [3.63, 3.8) is 0 Å². The molecule has 0 saturated heterocycles. The van der Waals surface area contributed by atoms with Crippen LogP contribution in [0.5, 0.6) is 0 Å². The second kappa shape index (κ2) is 5.80. The predicted molar refractivity (Wildman–Crippen MR) is 84.7 cm³/mol. The third-order valence-electron chi connectivity index (χ3n) is 3.38. The molecule has 3 nitrogen and oxygen atoms in total. The van der Waals surface area contributed by atoms with Crippen molar-refractivity contribution in [1.29, 1.82) is 0 Å². The summed E-state index contributed by atoms with van der Waals surface area (Å²) in [4.78, 5) is 0. The smallest absolute Gasteiger partial charge is 0.0756 e. The molecular formula is C17H25N3. The summed E-state index contributed by atoms with van der Waals surface area (Å²) in [6.07, 6.45) is 2.11. The monoisotopic (exact) mass is 271 g/mol. The molecule has 0 radical (unpaired) electrons. The Hall–Kier alpha value is -1.61. The van der Waals surface area contributed by atoms with E-state index in [2.05, 4.69) is 68.6 Å². The van der Waals surface area contributed by atoms with Crippen LogP contribution >= 0.6 is 0 Å². The molecular weight excluding hydrogens is 246 g/mol. The SMILES string of the molecule is CCNCc1ccc(-c2cn(C)nc2C(C)(C)C)cc1. The topological polar surface area (TPSA) is 29.9 Å². The Bertz CT molecular complexity index is 559. The van der Waals surface area contributed by atoms with Gasteiger partial charge < -0.3 is 5.32 Å². The average Bonchev–Trinajstić information content (AvgIpc) is 2.79. The quantitative estimate of drug-likeness (QED) is 0.922. The fraction of sp³-hybridized carbons (Fsp3) is 0.471. The van der Waals surface area contributed by atoms with Gasteiger partial charge in [-0.25, -0.2) is 0 Å². The second-order valence-corrected chi connectivity index (χ2v) is 6.29. The Morgan fingerprint density at radius 2 is 1.80 bits per heavy atom. The molecule has 0 aliphatic heterocycles. The van der Waals surface area contributed by atoms with Crippen LogP contribution in [-0.4, -0.2) is 16.3 Å². The number of nitrogens with zero attached hydrogens (tertiary/aromatic N) is 2. The van der Waals surface area contributed by atoms with Crippen molar-refractivity contribution in [1.82, 2.24) is 15.1 Å². The van der Waals surface area contributed by atoms with E-state index in [0.717, 1.165) is 18.8 Å². The number of hydrogen-bond donors (Lipinski definition) is 1. The number of aromatic nitrogens is 2. The Balaban J connectivity index is 2.32. The highest BCUT2D eigenvalue weighted by Crippen LogP contribution is 2.31. The number of hydrogen-bond acceptors (Lipinski definition) is 2. The van der Waals surface area contributed by atoms with Crippen LogP contribution in [0.4, 0.5) is 0 Å². The fourth-order valence-corrected chi connectivity index (χ4v) is 2.33. The van der Waals surface area contributed by atoms with E-state index >= 15 is 0 Å². The van der Waals surface area contributed by atoms with Crippen LogP contribution in [0, 0.1) is 0 Å². The number of benzene rings is 1. The molecule has 20 heavy (non-hydrogen) atoms. The van der Waals surface area contributed by atoms with E-state index in [4.69, 9.17) is 0 Å². The van der Waals surface area contributed by atoms with Crippen LogP contribution in [0.2, 0.25) is 0 Å². The molecule has 1 N–H and O–H groups in total. The zero-order chi connectivity index (χ0) is 14.8. The molecule has 1 aromatic carbocycles. The van der Waals surface area contributed by atoms with E-state index in [1.54, 1.807) is 0 Å². The minimum Gasteiger partial charge on any atom is -0.313 e. The lowest BCUT2D eigenvalue weighted by Crippen LogP contribution is -2.14. The second-order valence-electron chi connectivity index (χ2n) is 6.29. The summed E-state index contributed by atoms with van der Waals surface area (Å²) in [7, 11) is 1.98. The van der Waals surface area contributed by atoms with Crippen molar-refractivity contribution in [2.24, 2.45) is 7.05 Å². The van der Waals surface area contributed by atoms with Gasteiger partial charge in [-0.15, -0.1) is 0 Å². The van der Waals surface area contributed by atoms with Gasteiger partial charge in [0.1, 0.15) is 0 Å². The zero-order valence-corrected chi connectivity index (χ0v) is 13.2. The highest BCUT2D eigenvalue weighted by atomic mass is 15.3. The maximum atomic E-state index is 4.63. The minimum absolute atomic E-state index is 0.0546. The molecule has 0 unspecified atom stereocenters. The van der Waals surface area contributed by atoms with Gasteiger partial charge in [-0.3, -0.25) is 4.68 Å². The van der Waals surface area contributed by atoms with Crippen LogP contribution in [0.3, 0.4) is 0 Å². The van der Waals surface area contributed by atoms with Crippen LogP contribution in [0.1, 0.15) is 39.0 Å². The first-order valence-corrected chi connectivity index (χ1v) is 7.26. The first-order chi connectivity index (χ1) is 9.41. The zero-order valence-electron chi connectivity index (χ0n) is 13.2. The van der Waals surface area contributed by atoms with E-state index < -0.39 is 0 Å². The molecule has 2 rings (SSSR count). The van der Waals surface area contributed by atoms with Crippen LogP contribution in [-0.2, 0) is 19.0 Å². The molecule has 108 valence electrons. The van der Waals surface area contributed by atoms with E-state index in [1.165, 1.54) is 16.7 Å². The summed E-state index contributed by atoms with van der Waals surface area (Å²) in [5, 5.41) is 7.98. The summed E-state index contributed by atoms with van der Waals surface area (Å²) in [5.41, 5.74) is 4.99. The average molecular weight is 271 g/mol. The predicted octanol–water partition coefficient (Wildman–Crippen LogP) is 3.49. The fourth-order valence-electron chi connectivity index (χ4n) is 2.33. The Morgan fingerprint density at radius 3 is 2.35 bits per heavy atom. The molecule has 0 amide bonds. The molecule has 0 aliphatic rings. The molecule has 0 atom stereocenters. The highest BCUT2D eigenvalue weighted by molar-refractivity contribution is 5.66. The minimum atomic E-state index is 0.0546. The first kappa shape index (κ1) is 14.8. The summed E-state index contributed by atoms with van der Waals surface area (Å²) >= 11 is 0. The van der Waals surface area contributed by atoms with Gasteiger partial charge in [-0.05, 0) is 17.7 Å². The van der Waals surface area contributed by atoms with Crippen molar-refractivity contribution in [3.05, 3.63) is 41.7 Å². The molecule has 0 saturated carbocycles. The van der Waals surface area contributed by atoms with Crippen molar-refractivity contribution in [2.45, 2.75) is 39.7 Å². The van der Waals surface area contributed by atoms with Gasteiger partial charge >= 0.3 is 0 Å². The number of nitrogens with one attached hydrogen (secondary N) is 1. The highest BCUT2D eigenvalue weighted by Gasteiger charge is 2.22. The summed E-state index contributed by atoms with van der Waals surface area (Å²) in [6, 6.07) is 8.77. The molecule has 3 heteroatoms. The van der Waals surface area contributed by atoms with E-state index in [1.807, 2.05) is 11.7 Å². The number of rotatable bonds is 4. The lowest BCUT2D eigenvalue weighted by Gasteiger charge is -2.17. The Labute approximate surface area is 122 Å².